The van der Waals surface area contributed by atoms with Crippen LogP contribution in [0.3, 0.4) is 0 Å². The molecule has 2 rings (SSSR count). The third-order valence-corrected chi connectivity index (χ3v) is 3.85. The molecular weight excluding hydrogens is 242 g/mol. The van der Waals surface area contributed by atoms with E-state index in [1.807, 2.05) is 11.8 Å². The van der Waals surface area contributed by atoms with Crippen LogP contribution in [0.2, 0.25) is 0 Å². The normalized spacial score (nSPS) is 16.4. The van der Waals surface area contributed by atoms with Gasteiger partial charge in [-0.3, -0.25) is 0 Å². The summed E-state index contributed by atoms with van der Waals surface area (Å²) < 4.78 is 0. The van der Waals surface area contributed by atoms with Gasteiger partial charge in [0.15, 0.2) is 5.96 Å². The van der Waals surface area contributed by atoms with E-state index in [0.717, 1.165) is 5.75 Å². The minimum Gasteiger partial charge on any atom is -0.370 e. The van der Waals surface area contributed by atoms with Gasteiger partial charge in [0.05, 0.1) is 6.54 Å². The van der Waals surface area contributed by atoms with E-state index in [4.69, 9.17) is 5.73 Å². The van der Waals surface area contributed by atoms with Crippen LogP contribution in [-0.2, 0) is 12.3 Å². The van der Waals surface area contributed by atoms with Crippen LogP contribution in [0.1, 0.15) is 30.4 Å². The van der Waals surface area contributed by atoms with Crippen molar-refractivity contribution in [1.29, 1.82) is 0 Å². The van der Waals surface area contributed by atoms with Crippen molar-refractivity contribution < 1.29 is 0 Å². The molecular formula is C14H21N3S. The number of benzene rings is 1. The standard InChI is InChI=1S/C14H21N3S/c1-18-10-12-7-5-11(6-8-12)9-16-14(15)17-13-3-2-4-13/h5-8,13H,2-4,9-10H2,1H3,(H3,15,16,17). The molecule has 0 amide bonds. The zero-order chi connectivity index (χ0) is 12.8. The van der Waals surface area contributed by atoms with E-state index in [9.17, 15) is 0 Å². The number of rotatable bonds is 5. The van der Waals surface area contributed by atoms with Crippen LogP contribution < -0.4 is 11.1 Å². The Labute approximate surface area is 113 Å². The van der Waals surface area contributed by atoms with Crippen LogP contribution in [0, 0.1) is 0 Å². The Bertz CT molecular complexity index is 396. The van der Waals surface area contributed by atoms with Crippen molar-refractivity contribution in [3.63, 3.8) is 0 Å². The molecule has 3 nitrogen and oxygen atoms in total. The quantitative estimate of drug-likeness (QED) is 0.634. The van der Waals surface area contributed by atoms with E-state index in [1.165, 1.54) is 30.4 Å². The van der Waals surface area contributed by atoms with Gasteiger partial charge in [0.1, 0.15) is 0 Å². The smallest absolute Gasteiger partial charge is 0.189 e. The topological polar surface area (TPSA) is 50.4 Å². The van der Waals surface area contributed by atoms with Gasteiger partial charge in [-0.2, -0.15) is 11.8 Å². The zero-order valence-electron chi connectivity index (χ0n) is 10.9. The van der Waals surface area contributed by atoms with Crippen molar-refractivity contribution in [2.24, 2.45) is 10.7 Å². The van der Waals surface area contributed by atoms with Crippen molar-refractivity contribution in [2.75, 3.05) is 6.26 Å². The number of nitrogens with zero attached hydrogens (tertiary/aromatic N) is 1. The molecule has 1 aliphatic rings. The van der Waals surface area contributed by atoms with Gasteiger partial charge in [0, 0.05) is 11.8 Å². The van der Waals surface area contributed by atoms with Gasteiger partial charge in [0.25, 0.3) is 0 Å². The molecule has 1 aromatic rings. The molecule has 98 valence electrons. The van der Waals surface area contributed by atoms with Gasteiger partial charge in [-0.05, 0) is 36.6 Å². The molecule has 1 fully saturated rings. The first-order chi connectivity index (χ1) is 8.78. The Morgan fingerprint density at radius 3 is 2.56 bits per heavy atom. The molecule has 0 atom stereocenters. The van der Waals surface area contributed by atoms with Crippen molar-refractivity contribution in [1.82, 2.24) is 5.32 Å². The average Bonchev–Trinajstić information content (AvgIpc) is 2.33. The van der Waals surface area contributed by atoms with Gasteiger partial charge in [-0.15, -0.1) is 0 Å². The van der Waals surface area contributed by atoms with E-state index in [-0.39, 0.29) is 0 Å². The molecule has 1 saturated carbocycles. The average molecular weight is 263 g/mol. The van der Waals surface area contributed by atoms with E-state index >= 15 is 0 Å². The molecule has 0 aliphatic heterocycles. The van der Waals surface area contributed by atoms with E-state index in [2.05, 4.69) is 40.8 Å². The summed E-state index contributed by atoms with van der Waals surface area (Å²) in [5, 5.41) is 3.24. The summed E-state index contributed by atoms with van der Waals surface area (Å²) in [4.78, 5) is 4.37. The Balaban J connectivity index is 1.82. The monoisotopic (exact) mass is 263 g/mol. The lowest BCUT2D eigenvalue weighted by atomic mass is 9.93. The van der Waals surface area contributed by atoms with Crippen LogP contribution in [0.4, 0.5) is 0 Å². The summed E-state index contributed by atoms with van der Waals surface area (Å²) in [7, 11) is 0. The van der Waals surface area contributed by atoms with Gasteiger partial charge < -0.3 is 11.1 Å². The number of guanidine groups is 1. The van der Waals surface area contributed by atoms with E-state index < -0.39 is 0 Å². The molecule has 0 unspecified atom stereocenters. The second kappa shape index (κ2) is 6.69. The molecule has 4 heteroatoms. The molecule has 0 bridgehead atoms. The first-order valence-corrected chi connectivity index (χ1v) is 7.80. The van der Waals surface area contributed by atoms with Crippen molar-refractivity contribution in [2.45, 2.75) is 37.6 Å². The largest absolute Gasteiger partial charge is 0.370 e. The summed E-state index contributed by atoms with van der Waals surface area (Å²) in [6.45, 7) is 0.658. The molecule has 0 radical (unpaired) electrons. The van der Waals surface area contributed by atoms with Gasteiger partial charge in [0.2, 0.25) is 0 Å². The number of hydrogen-bond donors (Lipinski definition) is 2. The Kier molecular flexibility index (Phi) is 4.93. The highest BCUT2D eigenvalue weighted by atomic mass is 32.2. The minimum absolute atomic E-state index is 0.553. The highest BCUT2D eigenvalue weighted by Crippen LogP contribution is 2.17. The van der Waals surface area contributed by atoms with Crippen molar-refractivity contribution in [3.8, 4) is 0 Å². The first-order valence-electron chi connectivity index (χ1n) is 6.41. The Morgan fingerprint density at radius 1 is 1.33 bits per heavy atom. The third-order valence-electron chi connectivity index (χ3n) is 3.22. The summed E-state index contributed by atoms with van der Waals surface area (Å²) in [6, 6.07) is 9.14. The van der Waals surface area contributed by atoms with E-state index in [1.54, 1.807) is 0 Å². The fourth-order valence-corrected chi connectivity index (χ4v) is 2.42. The number of thioether (sulfide) groups is 1. The van der Waals surface area contributed by atoms with Crippen LogP contribution in [0.15, 0.2) is 29.3 Å². The highest BCUT2D eigenvalue weighted by molar-refractivity contribution is 7.97. The summed E-state index contributed by atoms with van der Waals surface area (Å²) >= 11 is 1.84. The molecule has 0 saturated heterocycles. The maximum absolute atomic E-state index is 5.85. The SMILES string of the molecule is CSCc1ccc(CN=C(N)NC2CCC2)cc1. The molecule has 1 aromatic carbocycles. The van der Waals surface area contributed by atoms with Gasteiger partial charge >= 0.3 is 0 Å². The second-order valence-corrected chi connectivity index (χ2v) is 5.59. The zero-order valence-corrected chi connectivity index (χ0v) is 11.7. The molecule has 0 spiro atoms. The summed E-state index contributed by atoms with van der Waals surface area (Å²) in [5.74, 6) is 1.64. The summed E-state index contributed by atoms with van der Waals surface area (Å²) in [5.41, 5.74) is 8.41. The van der Waals surface area contributed by atoms with Crippen LogP contribution in [0.5, 0.6) is 0 Å². The van der Waals surface area contributed by atoms with Gasteiger partial charge in [-0.25, -0.2) is 4.99 Å². The lowest BCUT2D eigenvalue weighted by molar-refractivity contribution is 0.382. The Morgan fingerprint density at radius 2 is 2.00 bits per heavy atom. The van der Waals surface area contributed by atoms with Crippen LogP contribution in [-0.4, -0.2) is 18.3 Å². The maximum atomic E-state index is 5.85. The molecule has 0 heterocycles. The molecule has 18 heavy (non-hydrogen) atoms. The van der Waals surface area contributed by atoms with Gasteiger partial charge in [-0.1, -0.05) is 24.3 Å². The number of hydrogen-bond acceptors (Lipinski definition) is 2. The lowest BCUT2D eigenvalue weighted by Crippen LogP contribution is -2.43. The predicted molar refractivity (Wildman–Crippen MR) is 79.8 cm³/mol. The fourth-order valence-electron chi connectivity index (χ4n) is 1.89. The van der Waals surface area contributed by atoms with Crippen molar-refractivity contribution in [3.05, 3.63) is 35.4 Å². The van der Waals surface area contributed by atoms with Crippen molar-refractivity contribution >= 4 is 17.7 Å². The maximum Gasteiger partial charge on any atom is 0.189 e. The van der Waals surface area contributed by atoms with Crippen LogP contribution in [0.25, 0.3) is 0 Å². The highest BCUT2D eigenvalue weighted by Gasteiger charge is 2.16. The lowest BCUT2D eigenvalue weighted by Gasteiger charge is -2.26. The first kappa shape index (κ1) is 13.3. The van der Waals surface area contributed by atoms with E-state index in [0.29, 0.717) is 18.5 Å². The predicted octanol–water partition coefficient (Wildman–Crippen LogP) is 2.51. The fraction of sp³-hybridized carbons (Fsp3) is 0.500. The summed E-state index contributed by atoms with van der Waals surface area (Å²) in [6.07, 6.45) is 5.87. The molecule has 0 aromatic heterocycles. The number of aliphatic imine (C=N–C) groups is 1. The van der Waals surface area contributed by atoms with Crippen LogP contribution >= 0.6 is 11.8 Å². The molecule has 1 aliphatic carbocycles. The molecule has 3 N–H and O–H groups in total. The number of nitrogens with one attached hydrogen (secondary N) is 1. The number of nitrogens with two attached hydrogens (primary N) is 1. The second-order valence-electron chi connectivity index (χ2n) is 4.72. The Hall–Kier alpha value is -1.16. The third kappa shape index (κ3) is 3.95. The minimum atomic E-state index is 0.553.